The lowest BCUT2D eigenvalue weighted by Crippen LogP contribution is -2.02. The van der Waals surface area contributed by atoms with Crippen LogP contribution >= 0.6 is 0 Å². The van der Waals surface area contributed by atoms with E-state index in [0.717, 1.165) is 82.7 Å². The Morgan fingerprint density at radius 2 is 0.797 bits per heavy atom. The number of allylic oxidation sites excluding steroid dienone is 1. The molecule has 74 heavy (non-hydrogen) atoms. The maximum absolute atomic E-state index is 4.98. The van der Waals surface area contributed by atoms with Gasteiger partial charge in [0.1, 0.15) is 11.4 Å². The highest BCUT2D eigenvalue weighted by atomic mass is 15.1. The van der Waals surface area contributed by atoms with Gasteiger partial charge in [-0.2, -0.15) is 0 Å². The van der Waals surface area contributed by atoms with Crippen molar-refractivity contribution in [1.82, 2.24) is 44.0 Å². The van der Waals surface area contributed by atoms with Crippen LogP contribution in [-0.2, 0) is 0 Å². The zero-order valence-electron chi connectivity index (χ0n) is 39.8. The monoisotopic (exact) mass is 950 g/mol. The quantitative estimate of drug-likeness (QED) is 0.119. The van der Waals surface area contributed by atoms with Crippen LogP contribution in [-0.4, -0.2) is 50.2 Å². The third kappa shape index (κ3) is 7.98. The molecule has 0 N–H and O–H groups in total. The Bertz CT molecular complexity index is 4200. The fourth-order valence-electron chi connectivity index (χ4n) is 9.67. The molecule has 13 rings (SSSR count). The molecule has 0 aliphatic carbocycles. The summed E-state index contributed by atoms with van der Waals surface area (Å²) < 4.78 is 4.41. The lowest BCUT2D eigenvalue weighted by Gasteiger charge is -2.10. The lowest BCUT2D eigenvalue weighted by molar-refractivity contribution is 1.03. The van der Waals surface area contributed by atoms with Crippen LogP contribution in [0.5, 0.6) is 0 Å². The highest BCUT2D eigenvalue weighted by Crippen LogP contribution is 2.38. The highest BCUT2D eigenvalue weighted by molar-refractivity contribution is 6.17. The molecule has 0 saturated carbocycles. The maximum Gasteiger partial charge on any atom is 0.182 e. The van der Waals surface area contributed by atoms with E-state index in [1.165, 1.54) is 0 Å². The second-order valence-corrected chi connectivity index (χ2v) is 17.8. The topological polar surface area (TPSA) is 112 Å². The number of pyridine rings is 1. The molecular formula is C64H42N10. The van der Waals surface area contributed by atoms with Crippen LogP contribution in [0.15, 0.2) is 243 Å². The molecule has 5 aromatic heterocycles. The van der Waals surface area contributed by atoms with Crippen molar-refractivity contribution < 1.29 is 0 Å². The maximum atomic E-state index is 4.98. The summed E-state index contributed by atoms with van der Waals surface area (Å²) in [6.45, 7) is 8.82. The zero-order chi connectivity index (χ0) is 49.5. The number of para-hydroxylation sites is 2. The number of aromatic nitrogens is 9. The van der Waals surface area contributed by atoms with E-state index in [1.807, 2.05) is 140 Å². The summed E-state index contributed by atoms with van der Waals surface area (Å²) in [5.41, 5.74) is 12.6. The minimum absolute atomic E-state index is 0.384. The molecule has 0 saturated heterocycles. The molecule has 0 amide bonds. The molecule has 0 spiro atoms. The Morgan fingerprint density at radius 1 is 0.378 bits per heavy atom. The van der Waals surface area contributed by atoms with Gasteiger partial charge in [0, 0.05) is 43.8 Å². The SMILES string of the molecule is C=C(N=CC(=C)n1c2ccccc2c2cc(-c3ccc4c(c3)c3ccccc3n4-c3ccc(-c4nc(-c5ccccc5)nc(-c5ccccc5)n4)nc3)ccc21)c1nc(-c2ccccc2)nc(-c2ccccc2)n1. The third-order valence-electron chi connectivity index (χ3n) is 13.2. The van der Waals surface area contributed by atoms with Crippen LogP contribution < -0.4 is 0 Å². The summed E-state index contributed by atoms with van der Waals surface area (Å²) in [5.74, 6) is 3.17. The van der Waals surface area contributed by atoms with Crippen LogP contribution in [0.1, 0.15) is 5.82 Å². The predicted molar refractivity (Wildman–Crippen MR) is 300 cm³/mol. The summed E-state index contributed by atoms with van der Waals surface area (Å²) in [6.07, 6.45) is 3.64. The molecule has 0 unspecified atom stereocenters. The van der Waals surface area contributed by atoms with Gasteiger partial charge in [-0.25, -0.2) is 29.9 Å². The van der Waals surface area contributed by atoms with E-state index in [-0.39, 0.29) is 0 Å². The molecule has 13 aromatic rings. The van der Waals surface area contributed by atoms with Crippen molar-refractivity contribution in [3.8, 4) is 73.9 Å². The summed E-state index contributed by atoms with van der Waals surface area (Å²) in [4.78, 5) is 38.9. The van der Waals surface area contributed by atoms with Crippen molar-refractivity contribution in [2.45, 2.75) is 0 Å². The average molecular weight is 951 g/mol. The molecule has 10 nitrogen and oxygen atoms in total. The van der Waals surface area contributed by atoms with Crippen LogP contribution in [0, 0.1) is 0 Å². The third-order valence-corrected chi connectivity index (χ3v) is 13.2. The Morgan fingerprint density at radius 3 is 1.32 bits per heavy atom. The lowest BCUT2D eigenvalue weighted by atomic mass is 10.0. The normalized spacial score (nSPS) is 11.6. The van der Waals surface area contributed by atoms with Gasteiger partial charge in [-0.15, -0.1) is 0 Å². The first kappa shape index (κ1) is 43.7. The number of hydrogen-bond donors (Lipinski definition) is 0. The zero-order valence-corrected chi connectivity index (χ0v) is 39.8. The van der Waals surface area contributed by atoms with Crippen molar-refractivity contribution in [1.29, 1.82) is 0 Å². The van der Waals surface area contributed by atoms with Gasteiger partial charge < -0.3 is 9.13 Å². The van der Waals surface area contributed by atoms with E-state index in [9.17, 15) is 0 Å². The predicted octanol–water partition coefficient (Wildman–Crippen LogP) is 14.9. The van der Waals surface area contributed by atoms with E-state index in [4.69, 9.17) is 39.9 Å². The minimum atomic E-state index is 0.384. The largest absolute Gasteiger partial charge is 0.308 e. The van der Waals surface area contributed by atoms with E-state index in [2.05, 4.69) is 107 Å². The Hall–Kier alpha value is -10.3. The molecule has 0 aliphatic rings. The Labute approximate surface area is 425 Å². The van der Waals surface area contributed by atoms with Crippen molar-refractivity contribution in [2.75, 3.05) is 0 Å². The second kappa shape index (κ2) is 18.5. The number of benzene rings is 8. The van der Waals surface area contributed by atoms with Crippen LogP contribution in [0.4, 0.5) is 0 Å². The van der Waals surface area contributed by atoms with E-state index in [0.29, 0.717) is 52.0 Å². The number of aliphatic imine (C=N–C) groups is 1. The molecule has 348 valence electrons. The molecular weight excluding hydrogens is 909 g/mol. The van der Waals surface area contributed by atoms with E-state index >= 15 is 0 Å². The fourth-order valence-corrected chi connectivity index (χ4v) is 9.67. The first-order chi connectivity index (χ1) is 36.5. The molecule has 0 radical (unpaired) electrons. The second-order valence-electron chi connectivity index (χ2n) is 17.8. The van der Waals surface area contributed by atoms with Gasteiger partial charge in [-0.05, 0) is 59.7 Å². The molecule has 0 fully saturated rings. The van der Waals surface area contributed by atoms with Crippen molar-refractivity contribution in [2.24, 2.45) is 4.99 Å². The number of fused-ring (bicyclic) bond motifs is 6. The van der Waals surface area contributed by atoms with Gasteiger partial charge in [-0.3, -0.25) is 9.98 Å². The van der Waals surface area contributed by atoms with Gasteiger partial charge >= 0.3 is 0 Å². The van der Waals surface area contributed by atoms with Crippen molar-refractivity contribution in [3.63, 3.8) is 0 Å². The summed E-state index contributed by atoms with van der Waals surface area (Å²) in [5, 5.41) is 4.48. The highest BCUT2D eigenvalue weighted by Gasteiger charge is 2.19. The molecule has 0 atom stereocenters. The minimum Gasteiger partial charge on any atom is -0.308 e. The number of hydrogen-bond acceptors (Lipinski definition) is 8. The van der Waals surface area contributed by atoms with E-state index < -0.39 is 0 Å². The van der Waals surface area contributed by atoms with Crippen LogP contribution in [0.25, 0.3) is 129 Å². The smallest absolute Gasteiger partial charge is 0.182 e. The van der Waals surface area contributed by atoms with E-state index in [1.54, 1.807) is 6.21 Å². The Balaban J connectivity index is 0.831. The summed E-state index contributed by atoms with van der Waals surface area (Å²) in [7, 11) is 0. The summed E-state index contributed by atoms with van der Waals surface area (Å²) >= 11 is 0. The summed E-state index contributed by atoms with van der Waals surface area (Å²) in [6, 6.07) is 74.0. The number of rotatable bonds is 11. The number of nitrogens with zero attached hydrogens (tertiary/aromatic N) is 10. The first-order valence-electron chi connectivity index (χ1n) is 24.2. The molecule has 0 aliphatic heterocycles. The standard InChI is InChI=1S/C64H42N10/c1-41(39-65-42(2)59-67-60(43-19-7-3-8-20-43)69-61(68-59)44-21-9-4-10-22-44)73-55-29-17-15-27-50(55)52-37-47(31-35-57(52)73)48-32-36-58-53(38-48)51-28-16-18-30-56(51)74(58)49-33-34-54(66-40-49)64-71-62(45-23-11-5-12-24-45)70-63(72-64)46-25-13-6-14-26-46/h3-40H,1-2H2. The van der Waals surface area contributed by atoms with Crippen molar-refractivity contribution >= 4 is 61.2 Å². The van der Waals surface area contributed by atoms with Gasteiger partial charge in [0.05, 0.1) is 45.9 Å². The van der Waals surface area contributed by atoms with Gasteiger partial charge in [0.2, 0.25) is 0 Å². The van der Waals surface area contributed by atoms with Crippen molar-refractivity contribution in [3.05, 3.63) is 244 Å². The fraction of sp³-hybridized carbons (Fsp3) is 0. The van der Waals surface area contributed by atoms with Gasteiger partial charge in [0.15, 0.2) is 34.9 Å². The average Bonchev–Trinajstić information content (AvgIpc) is 3.99. The van der Waals surface area contributed by atoms with Crippen LogP contribution in [0.3, 0.4) is 0 Å². The molecule has 5 heterocycles. The molecule has 8 aromatic carbocycles. The van der Waals surface area contributed by atoms with Crippen LogP contribution in [0.2, 0.25) is 0 Å². The molecule has 10 heteroatoms. The first-order valence-corrected chi connectivity index (χ1v) is 24.2. The van der Waals surface area contributed by atoms with Gasteiger partial charge in [0.25, 0.3) is 0 Å². The van der Waals surface area contributed by atoms with Gasteiger partial charge in [-0.1, -0.05) is 183 Å². The Kier molecular flexibility index (Phi) is 10.9. The molecule has 0 bridgehead atoms.